The van der Waals surface area contributed by atoms with Crippen LogP contribution in [0.25, 0.3) is 0 Å². The van der Waals surface area contributed by atoms with Crippen molar-refractivity contribution in [1.82, 2.24) is 4.98 Å². The molecule has 0 saturated heterocycles. The number of hydrogen-bond donors (Lipinski definition) is 1. The molecule has 1 N–H and O–H groups in total. The Labute approximate surface area is 159 Å². The molecule has 27 heavy (non-hydrogen) atoms. The van der Waals surface area contributed by atoms with Crippen LogP contribution in [0.3, 0.4) is 0 Å². The monoisotopic (exact) mass is 357 g/mol. The van der Waals surface area contributed by atoms with E-state index in [0.29, 0.717) is 12.2 Å². The van der Waals surface area contributed by atoms with Gasteiger partial charge in [-0.25, -0.2) is 4.98 Å². The highest BCUT2D eigenvalue weighted by molar-refractivity contribution is 5.91. The molecule has 0 fully saturated rings. The summed E-state index contributed by atoms with van der Waals surface area (Å²) in [5, 5.41) is 2.89. The van der Waals surface area contributed by atoms with Gasteiger partial charge in [0, 0.05) is 12.2 Å². The molecule has 0 radical (unpaired) electrons. The minimum Gasteiger partial charge on any atom is -0.340 e. The summed E-state index contributed by atoms with van der Waals surface area (Å²) in [5.74, 6) is 0.533. The maximum Gasteiger partial charge on any atom is 0.229 e. The number of carbonyl (C=O) groups excluding carboxylic acids is 1. The average molecular weight is 357 g/mol. The molecular weight excluding hydrogens is 334 g/mol. The first kappa shape index (κ1) is 17.3. The highest BCUT2D eigenvalue weighted by atomic mass is 16.1. The molecule has 2 aromatic carbocycles. The van der Waals surface area contributed by atoms with E-state index in [0.717, 1.165) is 36.2 Å². The topological polar surface area (TPSA) is 45.2 Å². The normalized spacial score (nSPS) is 13.1. The molecule has 0 bridgehead atoms. The number of para-hydroxylation sites is 1. The van der Waals surface area contributed by atoms with E-state index in [2.05, 4.69) is 39.5 Å². The molecule has 1 amide bonds. The Morgan fingerprint density at radius 1 is 1.11 bits per heavy atom. The molecule has 136 valence electrons. The molecule has 4 heteroatoms. The number of pyridine rings is 1. The van der Waals surface area contributed by atoms with Crippen LogP contribution in [0.4, 0.5) is 17.2 Å². The van der Waals surface area contributed by atoms with Crippen LogP contribution in [0, 0.1) is 6.92 Å². The third-order valence-electron chi connectivity index (χ3n) is 4.88. The molecule has 0 atom stereocenters. The number of carbonyl (C=O) groups is 1. The number of benzene rings is 2. The molecule has 4 nitrogen and oxygen atoms in total. The minimum absolute atomic E-state index is 0.0517. The predicted molar refractivity (Wildman–Crippen MR) is 110 cm³/mol. The van der Waals surface area contributed by atoms with E-state index in [4.69, 9.17) is 0 Å². The highest BCUT2D eigenvalue weighted by Crippen LogP contribution is 2.33. The van der Waals surface area contributed by atoms with Gasteiger partial charge in [0.1, 0.15) is 5.82 Å². The first-order valence-corrected chi connectivity index (χ1v) is 9.36. The van der Waals surface area contributed by atoms with Crippen LogP contribution in [0.1, 0.15) is 23.1 Å². The summed E-state index contributed by atoms with van der Waals surface area (Å²) in [6, 6.07) is 20.4. The summed E-state index contributed by atoms with van der Waals surface area (Å²) >= 11 is 0. The van der Waals surface area contributed by atoms with Gasteiger partial charge < -0.3 is 10.2 Å². The summed E-state index contributed by atoms with van der Waals surface area (Å²) < 4.78 is 0. The third-order valence-corrected chi connectivity index (χ3v) is 4.88. The van der Waals surface area contributed by atoms with Crippen molar-refractivity contribution in [3.63, 3.8) is 0 Å². The van der Waals surface area contributed by atoms with E-state index < -0.39 is 0 Å². The van der Waals surface area contributed by atoms with Gasteiger partial charge in [-0.2, -0.15) is 0 Å². The quantitative estimate of drug-likeness (QED) is 0.739. The largest absolute Gasteiger partial charge is 0.340 e. The lowest BCUT2D eigenvalue weighted by Crippen LogP contribution is -2.24. The van der Waals surface area contributed by atoms with Crippen molar-refractivity contribution in [3.8, 4) is 0 Å². The molecular formula is C23H23N3O. The van der Waals surface area contributed by atoms with E-state index in [1.807, 2.05) is 49.5 Å². The zero-order valence-corrected chi connectivity index (χ0v) is 15.5. The number of anilines is 3. The van der Waals surface area contributed by atoms with Gasteiger partial charge in [0.05, 0.1) is 18.3 Å². The lowest BCUT2D eigenvalue weighted by molar-refractivity contribution is -0.115. The van der Waals surface area contributed by atoms with Gasteiger partial charge in [-0.3, -0.25) is 4.79 Å². The number of nitrogens with zero attached hydrogens (tertiary/aromatic N) is 2. The first-order valence-electron chi connectivity index (χ1n) is 9.36. The summed E-state index contributed by atoms with van der Waals surface area (Å²) in [7, 11) is 0. The standard InChI is InChI=1S/C23H23N3O/c1-17-6-4-7-18(14-17)15-23(27)25-22-12-11-20(16-24-22)26-13-5-9-19-8-2-3-10-21(19)26/h2-4,6-8,10-12,14,16H,5,9,13,15H2,1H3,(H,24,25,27). The summed E-state index contributed by atoms with van der Waals surface area (Å²) in [6.07, 6.45) is 4.44. The Morgan fingerprint density at radius 3 is 2.81 bits per heavy atom. The molecule has 0 saturated carbocycles. The van der Waals surface area contributed by atoms with Crippen LogP contribution in [0.2, 0.25) is 0 Å². The number of nitrogens with one attached hydrogen (secondary N) is 1. The van der Waals surface area contributed by atoms with Gasteiger partial charge in [-0.1, -0.05) is 48.0 Å². The maximum absolute atomic E-state index is 12.3. The second-order valence-electron chi connectivity index (χ2n) is 7.00. The van der Waals surface area contributed by atoms with Crippen molar-refractivity contribution >= 4 is 23.1 Å². The number of rotatable bonds is 4. The van der Waals surface area contributed by atoms with Crippen molar-refractivity contribution in [3.05, 3.63) is 83.6 Å². The van der Waals surface area contributed by atoms with Crippen LogP contribution in [-0.2, 0) is 17.6 Å². The van der Waals surface area contributed by atoms with Crippen molar-refractivity contribution < 1.29 is 4.79 Å². The van der Waals surface area contributed by atoms with E-state index in [-0.39, 0.29) is 5.91 Å². The summed E-state index contributed by atoms with van der Waals surface area (Å²) in [4.78, 5) is 19.0. The number of fused-ring (bicyclic) bond motifs is 1. The van der Waals surface area contributed by atoms with Gasteiger partial charge in [0.15, 0.2) is 0 Å². The van der Waals surface area contributed by atoms with Crippen LogP contribution < -0.4 is 10.2 Å². The molecule has 1 aliphatic heterocycles. The van der Waals surface area contributed by atoms with Crippen LogP contribution >= 0.6 is 0 Å². The molecule has 1 aliphatic rings. The average Bonchev–Trinajstić information content (AvgIpc) is 2.68. The first-order chi connectivity index (χ1) is 13.2. The highest BCUT2D eigenvalue weighted by Gasteiger charge is 2.18. The third kappa shape index (κ3) is 4.00. The zero-order chi connectivity index (χ0) is 18.6. The lowest BCUT2D eigenvalue weighted by Gasteiger charge is -2.31. The number of aryl methyl sites for hydroxylation is 2. The summed E-state index contributed by atoms with van der Waals surface area (Å²) in [5.41, 5.74) is 5.85. The predicted octanol–water partition coefficient (Wildman–Crippen LogP) is 4.66. The SMILES string of the molecule is Cc1cccc(CC(=O)Nc2ccc(N3CCCc4ccccc43)cn2)c1. The number of amides is 1. The van der Waals surface area contributed by atoms with Crippen molar-refractivity contribution in [2.45, 2.75) is 26.2 Å². The fourth-order valence-electron chi connectivity index (χ4n) is 3.62. The van der Waals surface area contributed by atoms with Gasteiger partial charge in [0.2, 0.25) is 5.91 Å². The van der Waals surface area contributed by atoms with Crippen LogP contribution in [0.5, 0.6) is 0 Å². The Kier molecular flexibility index (Phi) is 4.88. The Balaban J connectivity index is 1.44. The molecule has 0 unspecified atom stereocenters. The number of aromatic nitrogens is 1. The smallest absolute Gasteiger partial charge is 0.229 e. The minimum atomic E-state index is -0.0517. The fraction of sp³-hybridized carbons (Fsp3) is 0.217. The molecule has 4 rings (SSSR count). The Hall–Kier alpha value is -3.14. The van der Waals surface area contributed by atoms with Gasteiger partial charge in [0.25, 0.3) is 0 Å². The van der Waals surface area contributed by atoms with Gasteiger partial charge in [-0.05, 0) is 49.1 Å². The molecule has 0 aliphatic carbocycles. The van der Waals surface area contributed by atoms with E-state index in [1.165, 1.54) is 11.3 Å². The molecule has 0 spiro atoms. The maximum atomic E-state index is 12.3. The molecule has 1 aromatic heterocycles. The summed E-state index contributed by atoms with van der Waals surface area (Å²) in [6.45, 7) is 3.01. The second-order valence-corrected chi connectivity index (χ2v) is 7.00. The van der Waals surface area contributed by atoms with Crippen molar-refractivity contribution in [2.75, 3.05) is 16.8 Å². The molecule has 3 aromatic rings. The fourth-order valence-corrected chi connectivity index (χ4v) is 3.62. The van der Waals surface area contributed by atoms with Gasteiger partial charge >= 0.3 is 0 Å². The zero-order valence-electron chi connectivity index (χ0n) is 15.5. The van der Waals surface area contributed by atoms with Crippen LogP contribution in [-0.4, -0.2) is 17.4 Å². The van der Waals surface area contributed by atoms with E-state index in [1.54, 1.807) is 0 Å². The Morgan fingerprint density at radius 2 is 2.00 bits per heavy atom. The molecule has 2 heterocycles. The van der Waals surface area contributed by atoms with Crippen molar-refractivity contribution in [1.29, 1.82) is 0 Å². The van der Waals surface area contributed by atoms with Crippen LogP contribution in [0.15, 0.2) is 66.9 Å². The second kappa shape index (κ2) is 7.62. The number of hydrogen-bond acceptors (Lipinski definition) is 3. The van der Waals surface area contributed by atoms with E-state index in [9.17, 15) is 4.79 Å². The van der Waals surface area contributed by atoms with E-state index >= 15 is 0 Å². The lowest BCUT2D eigenvalue weighted by atomic mass is 10.0. The van der Waals surface area contributed by atoms with Gasteiger partial charge in [-0.15, -0.1) is 0 Å². The Bertz CT molecular complexity index is 950. The van der Waals surface area contributed by atoms with Crippen molar-refractivity contribution in [2.24, 2.45) is 0 Å².